The van der Waals surface area contributed by atoms with Crippen LogP contribution in [-0.4, -0.2) is 38.3 Å². The summed E-state index contributed by atoms with van der Waals surface area (Å²) in [7, 11) is 1.36. The molecule has 29 heavy (non-hydrogen) atoms. The van der Waals surface area contributed by atoms with Crippen molar-refractivity contribution >= 4 is 17.2 Å². The number of carbonyl (C=O) groups excluding carboxylic acids is 1. The molecule has 0 aliphatic rings. The largest absolute Gasteiger partial charge is 0.424 e. The number of benzene rings is 1. The third-order valence-electron chi connectivity index (χ3n) is 4.41. The summed E-state index contributed by atoms with van der Waals surface area (Å²) in [5.74, 6) is -1.12. The fraction of sp³-hybridized carbons (Fsp3) is 0.316. The highest BCUT2D eigenvalue weighted by Gasteiger charge is 2.57. The Morgan fingerprint density at radius 1 is 1.28 bits per heavy atom. The number of amides is 1. The molecule has 3 rings (SSSR count). The number of aliphatic hydroxyl groups is 1. The molecule has 0 aliphatic carbocycles. The first-order chi connectivity index (χ1) is 13.7. The monoisotopic (exact) mass is 424 g/mol. The number of carbonyl (C=O) groups is 1. The molecule has 0 aliphatic heterocycles. The Morgan fingerprint density at radius 3 is 2.62 bits per heavy atom. The van der Waals surface area contributed by atoms with Crippen molar-refractivity contribution in [2.75, 3.05) is 6.54 Å². The van der Waals surface area contributed by atoms with Gasteiger partial charge in [0.05, 0.1) is 5.01 Å². The average Bonchev–Trinajstić information content (AvgIpc) is 3.30. The lowest BCUT2D eigenvalue weighted by Gasteiger charge is -2.29. The number of halogens is 3. The van der Waals surface area contributed by atoms with Crippen molar-refractivity contribution in [2.45, 2.75) is 24.6 Å². The molecule has 10 heteroatoms. The molecular weight excluding hydrogens is 405 g/mol. The van der Waals surface area contributed by atoms with Gasteiger partial charge in [-0.3, -0.25) is 4.79 Å². The molecule has 2 N–H and O–H groups in total. The number of imidazole rings is 1. The van der Waals surface area contributed by atoms with Crippen LogP contribution in [0.1, 0.15) is 33.3 Å². The van der Waals surface area contributed by atoms with E-state index in [0.29, 0.717) is 6.42 Å². The normalized spacial score (nSPS) is 13.8. The number of aryl methyl sites for hydroxylation is 1. The fourth-order valence-electron chi connectivity index (χ4n) is 2.86. The lowest BCUT2D eigenvalue weighted by molar-refractivity contribution is -0.272. The molecular formula is C19H19F3N4O2S. The zero-order chi connectivity index (χ0) is 21.1. The standard InChI is InChI=1S/C19H19F3N4O2S/c1-26-10-9-24-17(26)18(28,19(20,21)22)7-8-23-16(27)14-12-29-15(25-14)11-13-5-3-2-4-6-13/h2-6,9-10,12,28H,7-8,11H2,1H3,(H,23,27). The van der Waals surface area contributed by atoms with E-state index in [4.69, 9.17) is 0 Å². The van der Waals surface area contributed by atoms with E-state index in [-0.39, 0.29) is 5.69 Å². The summed E-state index contributed by atoms with van der Waals surface area (Å²) in [4.78, 5) is 20.1. The minimum atomic E-state index is -4.94. The molecule has 2 aromatic heterocycles. The summed E-state index contributed by atoms with van der Waals surface area (Å²) in [6, 6.07) is 9.59. The third kappa shape index (κ3) is 4.65. The van der Waals surface area contributed by atoms with Gasteiger partial charge in [-0.25, -0.2) is 9.97 Å². The molecule has 0 saturated heterocycles. The second-order valence-electron chi connectivity index (χ2n) is 6.51. The zero-order valence-electron chi connectivity index (χ0n) is 15.5. The predicted octanol–water partition coefficient (Wildman–Crippen LogP) is 3.04. The number of nitrogens with one attached hydrogen (secondary N) is 1. The van der Waals surface area contributed by atoms with Gasteiger partial charge in [-0.2, -0.15) is 13.2 Å². The summed E-state index contributed by atoms with van der Waals surface area (Å²) < 4.78 is 41.5. The molecule has 0 spiro atoms. The summed E-state index contributed by atoms with van der Waals surface area (Å²) in [5.41, 5.74) is -1.99. The maximum absolute atomic E-state index is 13.5. The van der Waals surface area contributed by atoms with Crippen LogP contribution < -0.4 is 5.32 Å². The molecule has 1 atom stereocenters. The Hall–Kier alpha value is -2.72. The first-order valence-electron chi connectivity index (χ1n) is 8.74. The van der Waals surface area contributed by atoms with E-state index in [1.165, 1.54) is 30.8 Å². The predicted molar refractivity (Wildman–Crippen MR) is 101 cm³/mol. The second-order valence-corrected chi connectivity index (χ2v) is 7.46. The van der Waals surface area contributed by atoms with Crippen LogP contribution in [-0.2, 0) is 19.1 Å². The third-order valence-corrected chi connectivity index (χ3v) is 5.26. The van der Waals surface area contributed by atoms with Gasteiger partial charge in [-0.05, 0) is 5.56 Å². The van der Waals surface area contributed by atoms with Crippen LogP contribution in [0, 0.1) is 0 Å². The number of alkyl halides is 3. The number of hydrogen-bond acceptors (Lipinski definition) is 5. The van der Waals surface area contributed by atoms with Crippen molar-refractivity contribution in [3.05, 3.63) is 70.2 Å². The van der Waals surface area contributed by atoms with Gasteiger partial charge in [-0.15, -0.1) is 11.3 Å². The Kier molecular flexibility index (Phi) is 6.04. The van der Waals surface area contributed by atoms with Gasteiger partial charge in [0, 0.05) is 44.2 Å². The van der Waals surface area contributed by atoms with Crippen LogP contribution in [0.15, 0.2) is 48.1 Å². The molecule has 154 valence electrons. The summed E-state index contributed by atoms with van der Waals surface area (Å²) in [5, 5.41) is 14.9. The topological polar surface area (TPSA) is 80.0 Å². The van der Waals surface area contributed by atoms with Gasteiger partial charge >= 0.3 is 6.18 Å². The number of aromatic nitrogens is 3. The van der Waals surface area contributed by atoms with E-state index in [1.807, 2.05) is 30.3 Å². The fourth-order valence-corrected chi connectivity index (χ4v) is 3.67. The highest BCUT2D eigenvalue weighted by Crippen LogP contribution is 2.40. The van der Waals surface area contributed by atoms with Gasteiger partial charge in [0.1, 0.15) is 11.5 Å². The van der Waals surface area contributed by atoms with Crippen LogP contribution in [0.25, 0.3) is 0 Å². The van der Waals surface area contributed by atoms with Gasteiger partial charge in [0.15, 0.2) is 0 Å². The maximum Gasteiger partial charge on any atom is 0.424 e. The lowest BCUT2D eigenvalue weighted by Crippen LogP contribution is -2.46. The molecule has 0 fully saturated rings. The molecule has 1 amide bonds. The van der Waals surface area contributed by atoms with Crippen LogP contribution in [0.3, 0.4) is 0 Å². The molecule has 1 aromatic carbocycles. The minimum Gasteiger partial charge on any atom is -0.374 e. The van der Waals surface area contributed by atoms with Crippen molar-refractivity contribution in [3.63, 3.8) is 0 Å². The first-order valence-corrected chi connectivity index (χ1v) is 9.62. The van der Waals surface area contributed by atoms with E-state index >= 15 is 0 Å². The summed E-state index contributed by atoms with van der Waals surface area (Å²) >= 11 is 1.30. The minimum absolute atomic E-state index is 0.133. The van der Waals surface area contributed by atoms with Gasteiger partial charge < -0.3 is 15.0 Å². The number of hydrogen-bond donors (Lipinski definition) is 2. The summed E-state index contributed by atoms with van der Waals surface area (Å²) in [6.45, 7) is -0.396. The van der Waals surface area contributed by atoms with Crippen LogP contribution >= 0.6 is 11.3 Å². The highest BCUT2D eigenvalue weighted by atomic mass is 32.1. The number of rotatable bonds is 7. The second kappa shape index (κ2) is 8.34. The van der Waals surface area contributed by atoms with E-state index < -0.39 is 36.5 Å². The van der Waals surface area contributed by atoms with Crippen molar-refractivity contribution in [1.29, 1.82) is 0 Å². The highest BCUT2D eigenvalue weighted by molar-refractivity contribution is 7.09. The van der Waals surface area contributed by atoms with Crippen molar-refractivity contribution in [2.24, 2.45) is 7.05 Å². The first kappa shape index (κ1) is 21.0. The van der Waals surface area contributed by atoms with E-state index in [1.54, 1.807) is 5.38 Å². The Balaban J connectivity index is 1.62. The quantitative estimate of drug-likeness (QED) is 0.611. The Labute approximate surface area is 169 Å². The van der Waals surface area contributed by atoms with Gasteiger partial charge in [0.25, 0.3) is 5.91 Å². The van der Waals surface area contributed by atoms with Crippen LogP contribution in [0.4, 0.5) is 13.2 Å². The molecule has 3 aromatic rings. The van der Waals surface area contributed by atoms with Gasteiger partial charge in [0.2, 0.25) is 5.60 Å². The van der Waals surface area contributed by atoms with Crippen LogP contribution in [0.2, 0.25) is 0 Å². The van der Waals surface area contributed by atoms with Crippen molar-refractivity contribution < 1.29 is 23.1 Å². The summed E-state index contributed by atoms with van der Waals surface area (Å²) in [6.07, 6.45) is -2.66. The van der Waals surface area contributed by atoms with Crippen molar-refractivity contribution in [3.8, 4) is 0 Å². The SMILES string of the molecule is Cn1ccnc1C(O)(CCNC(=O)c1csc(Cc2ccccc2)n1)C(F)(F)F. The molecule has 0 bridgehead atoms. The maximum atomic E-state index is 13.5. The van der Waals surface area contributed by atoms with Crippen LogP contribution in [0.5, 0.6) is 0 Å². The Morgan fingerprint density at radius 2 is 2.00 bits per heavy atom. The molecule has 0 saturated carbocycles. The molecule has 2 heterocycles. The number of thiazole rings is 1. The molecule has 1 unspecified atom stereocenters. The van der Waals surface area contributed by atoms with E-state index in [9.17, 15) is 23.1 Å². The van der Waals surface area contributed by atoms with Crippen molar-refractivity contribution in [1.82, 2.24) is 19.9 Å². The lowest BCUT2D eigenvalue weighted by atomic mass is 9.97. The molecule has 0 radical (unpaired) electrons. The average molecular weight is 424 g/mol. The zero-order valence-corrected chi connectivity index (χ0v) is 16.3. The molecule has 6 nitrogen and oxygen atoms in total. The number of nitrogens with zero attached hydrogens (tertiary/aromatic N) is 3. The van der Waals surface area contributed by atoms with Gasteiger partial charge in [-0.1, -0.05) is 30.3 Å². The van der Waals surface area contributed by atoms with E-state index in [0.717, 1.165) is 15.1 Å². The smallest absolute Gasteiger partial charge is 0.374 e. The van der Waals surface area contributed by atoms with E-state index in [2.05, 4.69) is 15.3 Å². The Bertz CT molecular complexity index is 971.